The van der Waals surface area contributed by atoms with E-state index in [4.69, 9.17) is 5.26 Å². The lowest BCUT2D eigenvalue weighted by atomic mass is 10.2. The van der Waals surface area contributed by atoms with Gasteiger partial charge in [0.05, 0.1) is 6.07 Å². The highest BCUT2D eigenvalue weighted by molar-refractivity contribution is 5.48. The number of nitriles is 1. The van der Waals surface area contributed by atoms with Crippen LogP contribution in [0.3, 0.4) is 0 Å². The Labute approximate surface area is 111 Å². The summed E-state index contributed by atoms with van der Waals surface area (Å²) < 4.78 is 0. The number of hydrogen-bond donors (Lipinski definition) is 3. The van der Waals surface area contributed by atoms with Gasteiger partial charge in [0, 0.05) is 25.0 Å². The van der Waals surface area contributed by atoms with Crippen molar-refractivity contribution in [1.82, 2.24) is 15.0 Å². The highest BCUT2D eigenvalue weighted by Crippen LogP contribution is 2.11. The Morgan fingerprint density at radius 3 is 2.79 bits per heavy atom. The summed E-state index contributed by atoms with van der Waals surface area (Å²) in [7, 11) is 0. The van der Waals surface area contributed by atoms with E-state index in [0.717, 1.165) is 18.8 Å². The summed E-state index contributed by atoms with van der Waals surface area (Å²) >= 11 is 0. The lowest BCUT2D eigenvalue weighted by Gasteiger charge is -2.08. The monoisotopic (exact) mass is 256 g/mol. The maximum Gasteiger partial charge on any atom is 0.132 e. The van der Waals surface area contributed by atoms with E-state index in [1.165, 1.54) is 5.56 Å². The van der Waals surface area contributed by atoms with Crippen molar-refractivity contribution in [1.29, 1.82) is 5.26 Å². The Hall–Kier alpha value is -2.55. The van der Waals surface area contributed by atoms with Crippen molar-refractivity contribution in [2.75, 3.05) is 23.7 Å². The molecule has 0 amide bonds. The first kappa shape index (κ1) is 12.9. The fraction of sp³-hybridized carbons (Fsp3) is 0.308. The predicted octanol–water partition coefficient (Wildman–Crippen LogP) is 1.70. The van der Waals surface area contributed by atoms with E-state index in [1.807, 2.05) is 37.5 Å². The summed E-state index contributed by atoms with van der Waals surface area (Å²) in [6.07, 6.45) is 4.81. The van der Waals surface area contributed by atoms with Gasteiger partial charge in [-0.15, -0.1) is 0 Å². The maximum absolute atomic E-state index is 8.54. The molecule has 0 aliphatic rings. The van der Waals surface area contributed by atoms with Crippen molar-refractivity contribution in [3.8, 4) is 6.07 Å². The number of aromatic amines is 1. The number of hydrogen-bond acceptors (Lipinski definition) is 5. The molecule has 0 radical (unpaired) electrons. The number of H-pyrrole nitrogens is 1. The molecule has 3 N–H and O–H groups in total. The zero-order valence-electron chi connectivity index (χ0n) is 10.8. The van der Waals surface area contributed by atoms with Crippen LogP contribution in [0.2, 0.25) is 0 Å². The molecule has 0 aliphatic heterocycles. The van der Waals surface area contributed by atoms with Crippen molar-refractivity contribution in [3.05, 3.63) is 35.9 Å². The second-order valence-corrected chi connectivity index (χ2v) is 4.09. The van der Waals surface area contributed by atoms with Crippen molar-refractivity contribution in [2.45, 2.75) is 13.3 Å². The molecule has 6 nitrogen and oxygen atoms in total. The molecule has 0 aromatic carbocycles. The van der Waals surface area contributed by atoms with Gasteiger partial charge in [-0.1, -0.05) is 0 Å². The lowest BCUT2D eigenvalue weighted by Crippen LogP contribution is -2.09. The molecule has 0 unspecified atom stereocenters. The molecule has 2 heterocycles. The quantitative estimate of drug-likeness (QED) is 0.684. The third-order valence-corrected chi connectivity index (χ3v) is 2.57. The van der Waals surface area contributed by atoms with Crippen LogP contribution in [0.5, 0.6) is 0 Å². The third kappa shape index (κ3) is 4.00. The fourth-order valence-electron chi connectivity index (χ4n) is 1.73. The van der Waals surface area contributed by atoms with E-state index in [9.17, 15) is 0 Å². The fourth-order valence-corrected chi connectivity index (χ4v) is 1.73. The largest absolute Gasteiger partial charge is 0.370 e. The Kier molecular flexibility index (Phi) is 4.34. The van der Waals surface area contributed by atoms with Crippen LogP contribution in [0.15, 0.2) is 24.5 Å². The van der Waals surface area contributed by atoms with Gasteiger partial charge in [0.25, 0.3) is 0 Å². The van der Waals surface area contributed by atoms with Gasteiger partial charge in [-0.05, 0) is 25.0 Å². The van der Waals surface area contributed by atoms with Gasteiger partial charge in [-0.25, -0.2) is 9.97 Å². The smallest absolute Gasteiger partial charge is 0.132 e. The van der Waals surface area contributed by atoms with E-state index >= 15 is 0 Å². The van der Waals surface area contributed by atoms with Crippen LogP contribution < -0.4 is 10.6 Å². The van der Waals surface area contributed by atoms with Gasteiger partial charge in [0.1, 0.15) is 24.0 Å². The Balaban J connectivity index is 1.92. The molecule has 0 fully saturated rings. The number of nitrogens with zero attached hydrogens (tertiary/aromatic N) is 3. The molecule has 0 saturated heterocycles. The minimum atomic E-state index is 0.235. The first-order valence-corrected chi connectivity index (χ1v) is 6.10. The van der Waals surface area contributed by atoms with E-state index in [2.05, 4.69) is 25.6 Å². The zero-order valence-corrected chi connectivity index (χ0v) is 10.8. The topological polar surface area (TPSA) is 89.4 Å². The average molecular weight is 256 g/mol. The van der Waals surface area contributed by atoms with E-state index in [0.29, 0.717) is 11.6 Å². The summed E-state index contributed by atoms with van der Waals surface area (Å²) in [6.45, 7) is 2.86. The molecular weight excluding hydrogens is 240 g/mol. The van der Waals surface area contributed by atoms with Crippen LogP contribution in [0, 0.1) is 18.3 Å². The standard InChI is InChI=1S/C13H16N6/c1-10-18-12(8-13(19-10)17-7-4-14)16-6-3-11-2-5-15-9-11/h2,5,8-9,15H,3,6-7H2,1H3,(H2,16,17,18,19). The van der Waals surface area contributed by atoms with Crippen molar-refractivity contribution in [2.24, 2.45) is 0 Å². The molecule has 2 aromatic rings. The van der Waals surface area contributed by atoms with Crippen LogP contribution in [0.4, 0.5) is 11.6 Å². The van der Waals surface area contributed by atoms with Gasteiger partial charge in [-0.2, -0.15) is 5.26 Å². The van der Waals surface area contributed by atoms with Gasteiger partial charge >= 0.3 is 0 Å². The molecule has 6 heteroatoms. The van der Waals surface area contributed by atoms with Crippen LogP contribution in [0.1, 0.15) is 11.4 Å². The van der Waals surface area contributed by atoms with Gasteiger partial charge < -0.3 is 15.6 Å². The van der Waals surface area contributed by atoms with E-state index < -0.39 is 0 Å². The van der Waals surface area contributed by atoms with Crippen LogP contribution in [-0.2, 0) is 6.42 Å². The summed E-state index contributed by atoms with van der Waals surface area (Å²) in [5.74, 6) is 2.11. The van der Waals surface area contributed by atoms with Crippen LogP contribution in [-0.4, -0.2) is 28.0 Å². The molecule has 2 aromatic heterocycles. The van der Waals surface area contributed by atoms with Crippen LogP contribution in [0.25, 0.3) is 0 Å². The number of aromatic nitrogens is 3. The summed E-state index contributed by atoms with van der Waals surface area (Å²) in [6, 6.07) is 5.88. The molecule has 2 rings (SSSR count). The second-order valence-electron chi connectivity index (χ2n) is 4.09. The SMILES string of the molecule is Cc1nc(NCC#N)cc(NCCc2cc[nH]c2)n1. The Morgan fingerprint density at radius 2 is 2.11 bits per heavy atom. The normalized spacial score (nSPS) is 9.89. The van der Waals surface area contributed by atoms with Gasteiger partial charge in [-0.3, -0.25) is 0 Å². The zero-order chi connectivity index (χ0) is 13.5. The van der Waals surface area contributed by atoms with Gasteiger partial charge in [0.2, 0.25) is 0 Å². The molecule has 0 saturated carbocycles. The predicted molar refractivity (Wildman–Crippen MR) is 73.9 cm³/mol. The molecule has 0 spiro atoms. The summed E-state index contributed by atoms with van der Waals surface area (Å²) in [5.41, 5.74) is 1.25. The first-order valence-electron chi connectivity index (χ1n) is 6.10. The molecule has 19 heavy (non-hydrogen) atoms. The van der Waals surface area contributed by atoms with Crippen molar-refractivity contribution < 1.29 is 0 Å². The number of nitrogens with one attached hydrogen (secondary N) is 3. The first-order chi connectivity index (χ1) is 9.28. The van der Waals surface area contributed by atoms with Crippen molar-refractivity contribution >= 4 is 11.6 Å². The second kappa shape index (κ2) is 6.40. The summed E-state index contributed by atoms with van der Waals surface area (Å²) in [4.78, 5) is 11.5. The molecule has 0 bridgehead atoms. The van der Waals surface area contributed by atoms with E-state index in [-0.39, 0.29) is 6.54 Å². The molecule has 0 aliphatic carbocycles. The average Bonchev–Trinajstić information content (AvgIpc) is 2.89. The van der Waals surface area contributed by atoms with Crippen LogP contribution >= 0.6 is 0 Å². The van der Waals surface area contributed by atoms with Gasteiger partial charge in [0.15, 0.2) is 0 Å². The number of rotatable bonds is 6. The number of aryl methyl sites for hydroxylation is 1. The molecular formula is C13H16N6. The Morgan fingerprint density at radius 1 is 1.32 bits per heavy atom. The summed E-state index contributed by atoms with van der Waals surface area (Å²) in [5, 5.41) is 14.7. The minimum absolute atomic E-state index is 0.235. The Bertz CT molecular complexity index is 555. The third-order valence-electron chi connectivity index (χ3n) is 2.57. The highest BCUT2D eigenvalue weighted by Gasteiger charge is 2.01. The molecule has 98 valence electrons. The number of anilines is 2. The highest BCUT2D eigenvalue weighted by atomic mass is 15.1. The lowest BCUT2D eigenvalue weighted by molar-refractivity contribution is 0.981. The molecule has 0 atom stereocenters. The van der Waals surface area contributed by atoms with Crippen molar-refractivity contribution in [3.63, 3.8) is 0 Å². The minimum Gasteiger partial charge on any atom is -0.370 e. The van der Waals surface area contributed by atoms with E-state index in [1.54, 1.807) is 0 Å². The maximum atomic E-state index is 8.54.